The minimum atomic E-state index is 0.0495. The first-order chi connectivity index (χ1) is 9.20. The van der Waals surface area contributed by atoms with E-state index in [4.69, 9.17) is 4.65 Å². The van der Waals surface area contributed by atoms with Crippen molar-refractivity contribution >= 4 is 27.4 Å². The first-order valence-electron chi connectivity index (χ1n) is 6.62. The number of nitrogens with zero attached hydrogens (tertiary/aromatic N) is 2. The van der Waals surface area contributed by atoms with Crippen molar-refractivity contribution in [3.05, 3.63) is 36.6 Å². The Labute approximate surface area is 116 Å². The van der Waals surface area contributed by atoms with Crippen LogP contribution < -0.4 is 0 Å². The number of hydrogen-bond acceptors (Lipinski definition) is 3. The summed E-state index contributed by atoms with van der Waals surface area (Å²) in [5.74, 6) is 1.85. The Bertz CT molecular complexity index is 488. The molecular weight excluding hydrogens is 254 g/mol. The molecular formula is C14H18BN2OP. The molecule has 0 aromatic carbocycles. The lowest BCUT2D eigenvalue weighted by Gasteiger charge is -2.25. The molecule has 2 heterocycles. The van der Waals surface area contributed by atoms with Crippen LogP contribution in [-0.2, 0) is 4.65 Å². The third kappa shape index (κ3) is 2.24. The van der Waals surface area contributed by atoms with Crippen molar-refractivity contribution in [2.24, 2.45) is 16.8 Å². The SMILES string of the molecule is C=PB1OC(=C)C(CC2C=NC3C=CC=CC23)N1C. The van der Waals surface area contributed by atoms with Crippen LogP contribution in [0.25, 0.3) is 0 Å². The maximum absolute atomic E-state index is 5.76. The normalized spacial score (nSPS) is 37.1. The molecule has 0 bridgehead atoms. The van der Waals surface area contributed by atoms with Crippen molar-refractivity contribution < 1.29 is 4.65 Å². The van der Waals surface area contributed by atoms with Gasteiger partial charge in [0.15, 0.2) is 0 Å². The average Bonchev–Trinajstić information content (AvgIpc) is 2.95. The summed E-state index contributed by atoms with van der Waals surface area (Å²) in [6.07, 6.45) is 15.7. The maximum atomic E-state index is 5.76. The van der Waals surface area contributed by atoms with E-state index in [2.05, 4.69) is 60.2 Å². The van der Waals surface area contributed by atoms with Crippen molar-refractivity contribution in [1.29, 1.82) is 0 Å². The fourth-order valence-corrected chi connectivity index (χ4v) is 3.71. The summed E-state index contributed by atoms with van der Waals surface area (Å²) < 4.78 is 5.76. The van der Waals surface area contributed by atoms with Crippen LogP contribution in [0.2, 0.25) is 0 Å². The zero-order valence-corrected chi connectivity index (χ0v) is 12.0. The van der Waals surface area contributed by atoms with Gasteiger partial charge in [0.25, 0.3) is 0 Å². The quantitative estimate of drug-likeness (QED) is 0.582. The second-order valence-electron chi connectivity index (χ2n) is 5.31. The highest BCUT2D eigenvalue weighted by atomic mass is 31.1. The van der Waals surface area contributed by atoms with E-state index in [-0.39, 0.29) is 12.8 Å². The summed E-state index contributed by atoms with van der Waals surface area (Å²) in [6, 6.07) is 0.603. The molecule has 98 valence electrons. The Balaban J connectivity index is 1.71. The molecule has 4 atom stereocenters. The Morgan fingerprint density at radius 2 is 2.26 bits per heavy atom. The van der Waals surface area contributed by atoms with Gasteiger partial charge in [0, 0.05) is 18.1 Å². The zero-order valence-electron chi connectivity index (χ0n) is 11.1. The summed E-state index contributed by atoms with van der Waals surface area (Å²) in [6.45, 7) is 4.11. The smallest absolute Gasteiger partial charge is 0.509 e. The third-order valence-electron chi connectivity index (χ3n) is 4.21. The molecule has 0 spiro atoms. The number of rotatable bonds is 3. The van der Waals surface area contributed by atoms with Gasteiger partial charge in [0.1, 0.15) is 0 Å². The second-order valence-corrected chi connectivity index (χ2v) is 6.12. The number of allylic oxidation sites excluding steroid dienone is 2. The predicted octanol–water partition coefficient (Wildman–Crippen LogP) is 2.40. The van der Waals surface area contributed by atoms with Crippen molar-refractivity contribution in [1.82, 2.24) is 4.81 Å². The molecule has 1 fully saturated rings. The maximum Gasteiger partial charge on any atom is 0.509 e. The molecule has 0 aromatic rings. The first-order valence-corrected chi connectivity index (χ1v) is 7.77. The average molecular weight is 272 g/mol. The van der Waals surface area contributed by atoms with Crippen LogP contribution in [0.1, 0.15) is 6.42 Å². The summed E-state index contributed by atoms with van der Waals surface area (Å²) in [4.78, 5) is 6.84. The van der Waals surface area contributed by atoms with E-state index in [9.17, 15) is 0 Å². The fraction of sp³-hybridized carbons (Fsp3) is 0.429. The molecule has 19 heavy (non-hydrogen) atoms. The van der Waals surface area contributed by atoms with Crippen LogP contribution >= 0.6 is 8.08 Å². The summed E-state index contributed by atoms with van der Waals surface area (Å²) in [5.41, 5.74) is 0. The standard InChI is InChI=1S/C14H18BN2OP/c1-10-14(17(2)15(18-10)19-3)8-11-9-16-13-7-5-4-6-12(11)13/h4-7,9,11-14H,1,3,8H2,2H3. The van der Waals surface area contributed by atoms with Gasteiger partial charge in [-0.2, -0.15) is 0 Å². The van der Waals surface area contributed by atoms with Gasteiger partial charge in [0.2, 0.25) is 0 Å². The largest absolute Gasteiger partial charge is 0.541 e. The van der Waals surface area contributed by atoms with Gasteiger partial charge >= 0.3 is 6.77 Å². The highest BCUT2D eigenvalue weighted by Gasteiger charge is 2.42. The minimum Gasteiger partial charge on any atom is -0.541 e. The van der Waals surface area contributed by atoms with Crippen LogP contribution in [0.15, 0.2) is 41.6 Å². The van der Waals surface area contributed by atoms with Crippen LogP contribution in [0.5, 0.6) is 0 Å². The molecule has 0 amide bonds. The van der Waals surface area contributed by atoms with E-state index in [0.717, 1.165) is 20.3 Å². The Kier molecular flexibility index (Phi) is 3.47. The molecule has 3 rings (SSSR count). The fourth-order valence-electron chi connectivity index (χ4n) is 3.08. The lowest BCUT2D eigenvalue weighted by atomic mass is 9.83. The summed E-state index contributed by atoms with van der Waals surface area (Å²) >= 11 is 0. The van der Waals surface area contributed by atoms with Crippen LogP contribution in [-0.4, -0.2) is 43.2 Å². The van der Waals surface area contributed by atoms with Gasteiger partial charge < -0.3 is 4.65 Å². The van der Waals surface area contributed by atoms with E-state index in [1.54, 1.807) is 0 Å². The molecule has 0 aromatic heterocycles. The Hall–Kier alpha value is -1.12. The molecule has 0 radical (unpaired) electrons. The van der Waals surface area contributed by atoms with Gasteiger partial charge in [-0.3, -0.25) is 9.80 Å². The van der Waals surface area contributed by atoms with Crippen molar-refractivity contribution in [3.63, 3.8) is 0 Å². The molecule has 0 saturated carbocycles. The van der Waals surface area contributed by atoms with Crippen LogP contribution in [0.4, 0.5) is 0 Å². The van der Waals surface area contributed by atoms with E-state index in [0.29, 0.717) is 17.9 Å². The molecule has 5 heteroatoms. The molecule has 1 aliphatic carbocycles. The zero-order chi connectivity index (χ0) is 13.4. The van der Waals surface area contributed by atoms with Gasteiger partial charge in [-0.05, 0) is 13.5 Å². The summed E-state index contributed by atoms with van der Waals surface area (Å²) in [7, 11) is 3.08. The number of aliphatic imine (C=N–C) groups is 1. The molecule has 3 nitrogen and oxygen atoms in total. The topological polar surface area (TPSA) is 24.8 Å². The highest BCUT2D eigenvalue weighted by Crippen LogP contribution is 2.36. The van der Waals surface area contributed by atoms with Gasteiger partial charge in [-0.1, -0.05) is 45.3 Å². The highest BCUT2D eigenvalue weighted by molar-refractivity contribution is 7.72. The third-order valence-corrected chi connectivity index (χ3v) is 4.99. The van der Waals surface area contributed by atoms with Crippen molar-refractivity contribution in [2.75, 3.05) is 7.05 Å². The van der Waals surface area contributed by atoms with Gasteiger partial charge in [0.05, 0.1) is 17.8 Å². The van der Waals surface area contributed by atoms with E-state index in [1.807, 2.05) is 0 Å². The van der Waals surface area contributed by atoms with Crippen molar-refractivity contribution in [3.8, 4) is 0 Å². The number of hydrogen-bond donors (Lipinski definition) is 0. The van der Waals surface area contributed by atoms with Crippen molar-refractivity contribution in [2.45, 2.75) is 18.5 Å². The molecule has 2 aliphatic heterocycles. The lowest BCUT2D eigenvalue weighted by Crippen LogP contribution is -2.35. The lowest BCUT2D eigenvalue weighted by molar-refractivity contribution is 0.348. The Morgan fingerprint density at radius 1 is 1.47 bits per heavy atom. The van der Waals surface area contributed by atoms with E-state index >= 15 is 0 Å². The van der Waals surface area contributed by atoms with Gasteiger partial charge in [-0.15, -0.1) is 0 Å². The Morgan fingerprint density at radius 3 is 3.00 bits per heavy atom. The van der Waals surface area contributed by atoms with E-state index in [1.165, 1.54) is 0 Å². The first kappa shape index (κ1) is 12.9. The van der Waals surface area contributed by atoms with Crippen LogP contribution in [0.3, 0.4) is 0 Å². The molecule has 1 saturated heterocycles. The second kappa shape index (κ2) is 5.11. The monoisotopic (exact) mass is 272 g/mol. The van der Waals surface area contributed by atoms with Crippen LogP contribution in [0, 0.1) is 11.8 Å². The minimum absolute atomic E-state index is 0.0495. The number of likely N-dealkylation sites (N-methyl/N-ethyl adjacent to an activating group) is 1. The number of fused-ring (bicyclic) bond motifs is 1. The van der Waals surface area contributed by atoms with Gasteiger partial charge in [-0.25, -0.2) is 0 Å². The molecule has 4 unspecified atom stereocenters. The predicted molar refractivity (Wildman–Crippen MR) is 83.7 cm³/mol. The molecule has 3 aliphatic rings. The molecule has 0 N–H and O–H groups in total. The van der Waals surface area contributed by atoms with E-state index < -0.39 is 0 Å². The summed E-state index contributed by atoms with van der Waals surface area (Å²) in [5, 5.41) is 0.